The predicted octanol–water partition coefficient (Wildman–Crippen LogP) is 3.00. The second kappa shape index (κ2) is 7.09. The van der Waals surface area contributed by atoms with Crippen LogP contribution in [0.25, 0.3) is 10.8 Å². The van der Waals surface area contributed by atoms with E-state index in [9.17, 15) is 14.7 Å². The van der Waals surface area contributed by atoms with E-state index >= 15 is 0 Å². The van der Waals surface area contributed by atoms with Crippen molar-refractivity contribution in [3.63, 3.8) is 0 Å². The Labute approximate surface area is 144 Å². The number of carbonyl (C=O) groups excluding carboxylic acids is 2. The van der Waals surface area contributed by atoms with Crippen LogP contribution in [-0.2, 0) is 16.1 Å². The summed E-state index contributed by atoms with van der Waals surface area (Å²) >= 11 is 0. The van der Waals surface area contributed by atoms with Crippen LogP contribution in [0.2, 0.25) is 0 Å². The topological polar surface area (TPSA) is 88.8 Å². The third-order valence-corrected chi connectivity index (χ3v) is 3.79. The molecule has 0 aliphatic carbocycles. The maximum absolute atomic E-state index is 12.3. The summed E-state index contributed by atoms with van der Waals surface area (Å²) in [7, 11) is 0. The standard InChI is InChI=1S/C19H17NO5/c1-12(18(22)20-11-14-6-4-10-24-14)25-19(23)16-9-8-13-5-2-3-7-15(13)17(16)21/h2-10,12,21H,11H2,1H3,(H,20,22). The third-order valence-electron chi connectivity index (χ3n) is 3.79. The van der Waals surface area contributed by atoms with Crippen molar-refractivity contribution >= 4 is 22.6 Å². The van der Waals surface area contributed by atoms with Gasteiger partial charge in [0.25, 0.3) is 5.91 Å². The summed E-state index contributed by atoms with van der Waals surface area (Å²) in [5.41, 5.74) is 0.0179. The Morgan fingerprint density at radius 3 is 2.72 bits per heavy atom. The van der Waals surface area contributed by atoms with Crippen LogP contribution in [0.15, 0.2) is 59.2 Å². The van der Waals surface area contributed by atoms with Gasteiger partial charge in [-0.3, -0.25) is 4.79 Å². The van der Waals surface area contributed by atoms with Gasteiger partial charge in [0.1, 0.15) is 17.1 Å². The molecule has 128 valence electrons. The van der Waals surface area contributed by atoms with Crippen molar-refractivity contribution in [2.24, 2.45) is 0 Å². The summed E-state index contributed by atoms with van der Waals surface area (Å²) < 4.78 is 10.3. The van der Waals surface area contributed by atoms with Gasteiger partial charge in [-0.15, -0.1) is 0 Å². The number of amides is 1. The summed E-state index contributed by atoms with van der Waals surface area (Å²) in [6.07, 6.45) is 0.501. The van der Waals surface area contributed by atoms with E-state index in [1.165, 1.54) is 19.3 Å². The lowest BCUT2D eigenvalue weighted by atomic mass is 10.1. The molecule has 0 aliphatic rings. The fraction of sp³-hybridized carbons (Fsp3) is 0.158. The van der Waals surface area contributed by atoms with Crippen LogP contribution in [0.4, 0.5) is 0 Å². The van der Waals surface area contributed by atoms with Crippen LogP contribution >= 0.6 is 0 Å². The molecule has 1 amide bonds. The maximum Gasteiger partial charge on any atom is 0.342 e. The molecule has 1 heterocycles. The lowest BCUT2D eigenvalue weighted by Gasteiger charge is -2.14. The Balaban J connectivity index is 1.67. The van der Waals surface area contributed by atoms with Gasteiger partial charge in [-0.25, -0.2) is 4.79 Å². The normalized spacial score (nSPS) is 11.9. The highest BCUT2D eigenvalue weighted by molar-refractivity contribution is 6.01. The highest BCUT2D eigenvalue weighted by atomic mass is 16.5. The van der Waals surface area contributed by atoms with E-state index in [0.29, 0.717) is 11.1 Å². The first-order chi connectivity index (χ1) is 12.1. The molecule has 2 aromatic carbocycles. The van der Waals surface area contributed by atoms with Crippen molar-refractivity contribution in [1.82, 2.24) is 5.32 Å². The molecule has 3 aromatic rings. The summed E-state index contributed by atoms with van der Waals surface area (Å²) in [5, 5.41) is 14.3. The number of carbonyl (C=O) groups is 2. The van der Waals surface area contributed by atoms with Crippen LogP contribution in [0.1, 0.15) is 23.0 Å². The molecular weight excluding hydrogens is 322 g/mol. The zero-order chi connectivity index (χ0) is 17.8. The zero-order valence-electron chi connectivity index (χ0n) is 13.6. The minimum Gasteiger partial charge on any atom is -0.506 e. The molecule has 0 radical (unpaired) electrons. The van der Waals surface area contributed by atoms with E-state index in [2.05, 4.69) is 5.32 Å². The molecule has 1 atom stereocenters. The van der Waals surface area contributed by atoms with Gasteiger partial charge < -0.3 is 19.6 Å². The number of ether oxygens (including phenoxy) is 1. The molecule has 3 rings (SSSR count). The van der Waals surface area contributed by atoms with Crippen molar-refractivity contribution in [2.45, 2.75) is 19.6 Å². The van der Waals surface area contributed by atoms with Gasteiger partial charge in [0.2, 0.25) is 0 Å². The molecule has 2 N–H and O–H groups in total. The summed E-state index contributed by atoms with van der Waals surface area (Å²) in [5.74, 6) is -0.778. The molecule has 25 heavy (non-hydrogen) atoms. The van der Waals surface area contributed by atoms with Crippen LogP contribution in [0.5, 0.6) is 5.75 Å². The minimum absolute atomic E-state index is 0.0179. The molecule has 0 aliphatic heterocycles. The van der Waals surface area contributed by atoms with Crippen LogP contribution in [0.3, 0.4) is 0 Å². The van der Waals surface area contributed by atoms with Crippen molar-refractivity contribution < 1.29 is 23.8 Å². The second-order valence-electron chi connectivity index (χ2n) is 5.53. The average Bonchev–Trinajstić information content (AvgIpc) is 3.13. The van der Waals surface area contributed by atoms with Gasteiger partial charge in [-0.1, -0.05) is 30.3 Å². The molecule has 0 saturated heterocycles. The number of phenolic OH excluding ortho intramolecular Hbond substituents is 1. The molecule has 6 nitrogen and oxygen atoms in total. The minimum atomic E-state index is -1.01. The lowest BCUT2D eigenvalue weighted by Crippen LogP contribution is -2.35. The number of hydrogen-bond donors (Lipinski definition) is 2. The van der Waals surface area contributed by atoms with Gasteiger partial charge in [0, 0.05) is 5.39 Å². The van der Waals surface area contributed by atoms with Crippen molar-refractivity contribution in [3.8, 4) is 5.75 Å². The van der Waals surface area contributed by atoms with Crippen molar-refractivity contribution in [3.05, 3.63) is 66.1 Å². The highest BCUT2D eigenvalue weighted by Crippen LogP contribution is 2.29. The molecule has 1 unspecified atom stereocenters. The average molecular weight is 339 g/mol. The Bertz CT molecular complexity index is 901. The van der Waals surface area contributed by atoms with E-state index in [0.717, 1.165) is 5.39 Å². The van der Waals surface area contributed by atoms with Gasteiger partial charge in [0.15, 0.2) is 6.10 Å². The predicted molar refractivity (Wildman–Crippen MR) is 91.0 cm³/mol. The van der Waals surface area contributed by atoms with E-state index in [4.69, 9.17) is 9.15 Å². The fourth-order valence-corrected chi connectivity index (χ4v) is 2.43. The van der Waals surface area contributed by atoms with Crippen LogP contribution in [-0.4, -0.2) is 23.1 Å². The number of benzene rings is 2. The molecule has 6 heteroatoms. The molecule has 0 saturated carbocycles. The van der Waals surface area contributed by atoms with E-state index < -0.39 is 18.0 Å². The number of rotatable bonds is 5. The SMILES string of the molecule is CC(OC(=O)c1ccc2ccccc2c1O)C(=O)NCc1ccco1. The number of fused-ring (bicyclic) bond motifs is 1. The van der Waals surface area contributed by atoms with Crippen LogP contribution in [0, 0.1) is 0 Å². The number of esters is 1. The Morgan fingerprint density at radius 1 is 1.16 bits per heavy atom. The van der Waals surface area contributed by atoms with Crippen molar-refractivity contribution in [2.75, 3.05) is 0 Å². The number of aromatic hydroxyl groups is 1. The number of furan rings is 1. The fourth-order valence-electron chi connectivity index (χ4n) is 2.43. The largest absolute Gasteiger partial charge is 0.506 e. The lowest BCUT2D eigenvalue weighted by molar-refractivity contribution is -0.129. The molecular formula is C19H17NO5. The first kappa shape index (κ1) is 16.6. The Morgan fingerprint density at radius 2 is 1.96 bits per heavy atom. The first-order valence-corrected chi connectivity index (χ1v) is 7.78. The zero-order valence-corrected chi connectivity index (χ0v) is 13.6. The molecule has 0 fully saturated rings. The summed E-state index contributed by atoms with van der Waals surface area (Å²) in [6.45, 7) is 1.67. The monoisotopic (exact) mass is 339 g/mol. The summed E-state index contributed by atoms with van der Waals surface area (Å²) in [4.78, 5) is 24.3. The van der Waals surface area contributed by atoms with Gasteiger partial charge in [-0.2, -0.15) is 0 Å². The van der Waals surface area contributed by atoms with Gasteiger partial charge >= 0.3 is 5.97 Å². The van der Waals surface area contributed by atoms with E-state index in [1.807, 2.05) is 12.1 Å². The second-order valence-corrected chi connectivity index (χ2v) is 5.53. The quantitative estimate of drug-likeness (QED) is 0.698. The molecule has 0 spiro atoms. The smallest absolute Gasteiger partial charge is 0.342 e. The van der Waals surface area contributed by atoms with E-state index in [-0.39, 0.29) is 17.9 Å². The molecule has 0 bridgehead atoms. The van der Waals surface area contributed by atoms with E-state index in [1.54, 1.807) is 30.3 Å². The Kier molecular flexibility index (Phi) is 4.70. The Hall–Kier alpha value is -3.28. The number of nitrogens with one attached hydrogen (secondary N) is 1. The third kappa shape index (κ3) is 3.63. The first-order valence-electron chi connectivity index (χ1n) is 7.78. The van der Waals surface area contributed by atoms with Gasteiger partial charge in [-0.05, 0) is 30.5 Å². The maximum atomic E-state index is 12.3. The highest BCUT2D eigenvalue weighted by Gasteiger charge is 2.21. The van der Waals surface area contributed by atoms with Gasteiger partial charge in [0.05, 0.1) is 12.8 Å². The van der Waals surface area contributed by atoms with Crippen molar-refractivity contribution in [1.29, 1.82) is 0 Å². The number of phenols is 1. The molecule has 1 aromatic heterocycles. The van der Waals surface area contributed by atoms with Crippen LogP contribution < -0.4 is 5.32 Å². The number of hydrogen-bond acceptors (Lipinski definition) is 5. The summed E-state index contributed by atoms with van der Waals surface area (Å²) in [6, 6.07) is 13.8.